The number of carbonyl (C=O) groups excluding carboxylic acids is 1. The van der Waals surface area contributed by atoms with Gasteiger partial charge in [-0.25, -0.2) is 8.42 Å². The Labute approximate surface area is 147 Å². The van der Waals surface area contributed by atoms with E-state index < -0.39 is 21.5 Å². The number of cyclic esters (lactones) is 1. The number of hydrogen-bond acceptors (Lipinski definition) is 4. The molecule has 2 aliphatic rings. The van der Waals surface area contributed by atoms with Crippen molar-refractivity contribution in [3.63, 3.8) is 0 Å². The lowest BCUT2D eigenvalue weighted by atomic mass is 9.76. The molecule has 25 heavy (non-hydrogen) atoms. The van der Waals surface area contributed by atoms with Crippen LogP contribution in [0.4, 0.5) is 5.69 Å². The van der Waals surface area contributed by atoms with E-state index in [9.17, 15) is 13.2 Å². The van der Waals surface area contributed by atoms with Crippen LogP contribution < -0.4 is 4.31 Å². The Balaban J connectivity index is 1.91. The summed E-state index contributed by atoms with van der Waals surface area (Å²) >= 11 is 0. The van der Waals surface area contributed by atoms with E-state index in [1.54, 1.807) is 43.3 Å². The molecular weight excluding hydrogens is 338 g/mol. The summed E-state index contributed by atoms with van der Waals surface area (Å²) in [5.41, 5.74) is 1.37. The van der Waals surface area contributed by atoms with Crippen LogP contribution >= 0.6 is 0 Å². The largest absolute Gasteiger partial charge is 0.465 e. The second kappa shape index (κ2) is 5.33. The van der Waals surface area contributed by atoms with Crippen LogP contribution in [0.1, 0.15) is 24.5 Å². The third kappa shape index (κ3) is 2.07. The molecule has 1 fully saturated rings. The van der Waals surface area contributed by atoms with Crippen LogP contribution in [0.15, 0.2) is 53.4 Å². The van der Waals surface area contributed by atoms with E-state index in [0.29, 0.717) is 18.7 Å². The van der Waals surface area contributed by atoms with Crippen molar-refractivity contribution < 1.29 is 17.9 Å². The van der Waals surface area contributed by atoms with Crippen LogP contribution in [0.2, 0.25) is 0 Å². The highest BCUT2D eigenvalue weighted by Crippen LogP contribution is 2.52. The number of aryl methyl sites for hydroxylation is 1. The van der Waals surface area contributed by atoms with Crippen molar-refractivity contribution in [3.8, 4) is 0 Å². The number of nitrogens with zero attached hydrogens (tertiary/aromatic N) is 1. The number of sulfonamides is 1. The second-order valence-corrected chi connectivity index (χ2v) is 8.48. The van der Waals surface area contributed by atoms with Crippen LogP contribution in [0.3, 0.4) is 0 Å². The van der Waals surface area contributed by atoms with E-state index in [1.165, 1.54) is 4.31 Å². The van der Waals surface area contributed by atoms with Crippen LogP contribution in [0, 0.1) is 6.92 Å². The standard InChI is InChI=1S/C19H19NO4S/c1-13-7-9-15(10-8-13)25(22,23)20-14(2)19(11-12-24-18(19)21)16-5-3-4-6-17(16)20/h3-10,14H,11-12H2,1-2H3/t14-,19+/m1/s1. The lowest BCUT2D eigenvalue weighted by molar-refractivity contribution is -0.142. The van der Waals surface area contributed by atoms with E-state index in [1.807, 2.05) is 19.1 Å². The van der Waals surface area contributed by atoms with Crippen molar-refractivity contribution in [1.29, 1.82) is 0 Å². The van der Waals surface area contributed by atoms with Crippen LogP contribution in [-0.2, 0) is 25.0 Å². The molecule has 1 spiro atoms. The lowest BCUT2D eigenvalue weighted by Gasteiger charge is -2.30. The van der Waals surface area contributed by atoms with E-state index in [2.05, 4.69) is 0 Å². The van der Waals surface area contributed by atoms with Gasteiger partial charge >= 0.3 is 5.97 Å². The highest BCUT2D eigenvalue weighted by atomic mass is 32.2. The first-order chi connectivity index (χ1) is 11.9. The number of carbonyl (C=O) groups is 1. The summed E-state index contributed by atoms with van der Waals surface area (Å²) in [6.07, 6.45) is 0.490. The van der Waals surface area contributed by atoms with Crippen LogP contribution in [0.25, 0.3) is 0 Å². The van der Waals surface area contributed by atoms with Crippen molar-refractivity contribution >= 4 is 21.7 Å². The first-order valence-corrected chi connectivity index (χ1v) is 9.71. The lowest BCUT2D eigenvalue weighted by Crippen LogP contribution is -2.48. The quantitative estimate of drug-likeness (QED) is 0.776. The fourth-order valence-corrected chi connectivity index (χ4v) is 5.72. The second-order valence-electron chi connectivity index (χ2n) is 6.66. The highest BCUT2D eigenvalue weighted by Gasteiger charge is 2.60. The molecule has 2 aliphatic heterocycles. The van der Waals surface area contributed by atoms with Gasteiger partial charge < -0.3 is 4.74 Å². The summed E-state index contributed by atoms with van der Waals surface area (Å²) < 4.78 is 33.3. The Hall–Kier alpha value is -2.34. The predicted molar refractivity (Wildman–Crippen MR) is 94.0 cm³/mol. The number of ether oxygens (including phenoxy) is 1. The number of rotatable bonds is 2. The summed E-state index contributed by atoms with van der Waals surface area (Å²) in [7, 11) is -3.78. The summed E-state index contributed by atoms with van der Waals surface area (Å²) in [5.74, 6) is -0.339. The van der Waals surface area contributed by atoms with Crippen LogP contribution in [-0.4, -0.2) is 27.0 Å². The fraction of sp³-hybridized carbons (Fsp3) is 0.316. The van der Waals surface area contributed by atoms with Crippen molar-refractivity contribution in [2.75, 3.05) is 10.9 Å². The van der Waals surface area contributed by atoms with E-state index >= 15 is 0 Å². The van der Waals surface area contributed by atoms with Gasteiger partial charge in [0.15, 0.2) is 0 Å². The molecule has 2 aromatic carbocycles. The van der Waals surface area contributed by atoms with Gasteiger partial charge in [-0.3, -0.25) is 9.10 Å². The minimum absolute atomic E-state index is 0.225. The van der Waals surface area contributed by atoms with Crippen LogP contribution in [0.5, 0.6) is 0 Å². The molecule has 6 heteroatoms. The van der Waals surface area contributed by atoms with E-state index in [-0.39, 0.29) is 10.9 Å². The molecule has 2 atom stereocenters. The average Bonchev–Trinajstić information content (AvgIpc) is 3.09. The molecule has 0 aromatic heterocycles. The fourth-order valence-electron chi connectivity index (χ4n) is 4.00. The molecule has 0 amide bonds. The maximum Gasteiger partial charge on any atom is 0.318 e. The van der Waals surface area contributed by atoms with Gasteiger partial charge in [0.1, 0.15) is 5.41 Å². The number of anilines is 1. The number of benzene rings is 2. The van der Waals surface area contributed by atoms with E-state index in [4.69, 9.17) is 4.74 Å². The molecule has 0 aliphatic carbocycles. The molecule has 0 N–H and O–H groups in total. The smallest absolute Gasteiger partial charge is 0.318 e. The number of fused-ring (bicyclic) bond motifs is 2. The third-order valence-electron chi connectivity index (χ3n) is 5.36. The highest BCUT2D eigenvalue weighted by molar-refractivity contribution is 7.92. The molecule has 0 saturated carbocycles. The molecule has 130 valence electrons. The molecule has 0 radical (unpaired) electrons. The van der Waals surface area contributed by atoms with Crippen molar-refractivity contribution in [3.05, 3.63) is 59.7 Å². The Morgan fingerprint density at radius 3 is 2.44 bits per heavy atom. The summed E-state index contributed by atoms with van der Waals surface area (Å²) in [5, 5.41) is 0. The SMILES string of the molecule is Cc1ccc(S(=O)(=O)N2c3ccccc3[C@]3(CCOC3=O)[C@H]2C)cc1. The van der Waals surface area contributed by atoms with Gasteiger partial charge in [0, 0.05) is 6.42 Å². The van der Waals surface area contributed by atoms with Gasteiger partial charge in [-0.05, 0) is 37.6 Å². The molecule has 2 heterocycles. The van der Waals surface area contributed by atoms with Crippen molar-refractivity contribution in [2.45, 2.75) is 36.6 Å². The number of hydrogen-bond donors (Lipinski definition) is 0. The Morgan fingerprint density at radius 1 is 1.12 bits per heavy atom. The summed E-state index contributed by atoms with van der Waals surface area (Å²) in [6, 6.07) is 13.5. The summed E-state index contributed by atoms with van der Waals surface area (Å²) in [4.78, 5) is 12.8. The average molecular weight is 357 g/mol. The maximum atomic E-state index is 13.3. The Morgan fingerprint density at radius 2 is 1.80 bits per heavy atom. The van der Waals surface area contributed by atoms with Gasteiger partial charge in [0.2, 0.25) is 0 Å². The van der Waals surface area contributed by atoms with Crippen molar-refractivity contribution in [1.82, 2.24) is 0 Å². The predicted octanol–water partition coefficient (Wildman–Crippen LogP) is 2.78. The monoisotopic (exact) mass is 357 g/mol. The Bertz CT molecular complexity index is 952. The normalized spacial score (nSPS) is 25.3. The first-order valence-electron chi connectivity index (χ1n) is 8.27. The molecule has 0 unspecified atom stereocenters. The third-order valence-corrected chi connectivity index (χ3v) is 7.26. The zero-order valence-corrected chi connectivity index (χ0v) is 14.9. The molecular formula is C19H19NO4S. The molecule has 0 bridgehead atoms. The zero-order chi connectivity index (χ0) is 17.8. The zero-order valence-electron chi connectivity index (χ0n) is 14.1. The molecule has 2 aromatic rings. The summed E-state index contributed by atoms with van der Waals surface area (Å²) in [6.45, 7) is 4.02. The minimum Gasteiger partial charge on any atom is -0.465 e. The molecule has 4 rings (SSSR count). The number of para-hydroxylation sites is 1. The molecule has 1 saturated heterocycles. The maximum absolute atomic E-state index is 13.3. The van der Waals surface area contributed by atoms with Gasteiger partial charge in [-0.1, -0.05) is 35.9 Å². The van der Waals surface area contributed by atoms with Gasteiger partial charge in [-0.2, -0.15) is 0 Å². The topological polar surface area (TPSA) is 63.7 Å². The number of esters is 1. The van der Waals surface area contributed by atoms with Crippen molar-refractivity contribution in [2.24, 2.45) is 0 Å². The minimum atomic E-state index is -3.78. The first kappa shape index (κ1) is 16.1. The van der Waals surface area contributed by atoms with Gasteiger partial charge in [0.05, 0.1) is 23.2 Å². The Kier molecular flexibility index (Phi) is 3.44. The van der Waals surface area contributed by atoms with Gasteiger partial charge in [-0.15, -0.1) is 0 Å². The van der Waals surface area contributed by atoms with Gasteiger partial charge in [0.25, 0.3) is 10.0 Å². The van der Waals surface area contributed by atoms with E-state index in [0.717, 1.165) is 11.1 Å². The molecule has 5 nitrogen and oxygen atoms in total.